The van der Waals surface area contributed by atoms with Gasteiger partial charge in [0.1, 0.15) is 11.3 Å². The Kier molecular flexibility index (Phi) is 3.27. The largest absolute Gasteiger partial charge is 0.337 e. The number of imidazole rings is 1. The maximum atomic E-state index is 11.9. The number of hydrogen-bond acceptors (Lipinski definition) is 4. The van der Waals surface area contributed by atoms with Crippen molar-refractivity contribution in [1.29, 1.82) is 0 Å². The van der Waals surface area contributed by atoms with Gasteiger partial charge in [0.2, 0.25) is 0 Å². The Morgan fingerprint density at radius 1 is 1.30 bits per heavy atom. The molecule has 3 rings (SSSR count). The quantitative estimate of drug-likeness (QED) is 0.743. The predicted molar refractivity (Wildman–Crippen MR) is 77.2 cm³/mol. The van der Waals surface area contributed by atoms with E-state index in [1.54, 1.807) is 18.5 Å². The third-order valence-corrected chi connectivity index (χ3v) is 3.99. The molecule has 1 atom stereocenters. The second kappa shape index (κ2) is 5.23. The molecule has 0 bridgehead atoms. The van der Waals surface area contributed by atoms with Crippen LogP contribution < -0.4 is 0 Å². The molecular weight excluding hydrogens is 272 g/mol. The average molecular weight is 282 g/mol. The second-order valence-electron chi connectivity index (χ2n) is 4.10. The number of terminal acetylenes is 1. The Morgan fingerprint density at radius 2 is 2.15 bits per heavy atom. The molecule has 1 aromatic carbocycles. The molecule has 5 nitrogen and oxygen atoms in total. The van der Waals surface area contributed by atoms with E-state index in [2.05, 4.69) is 26.1 Å². The van der Waals surface area contributed by atoms with Gasteiger partial charge in [0.15, 0.2) is 0 Å². The smallest absolute Gasteiger partial charge is 0.138 e. The minimum atomic E-state index is -1.19. The summed E-state index contributed by atoms with van der Waals surface area (Å²) in [5.74, 6) is 3.30. The first kappa shape index (κ1) is 12.5. The lowest BCUT2D eigenvalue weighted by molar-refractivity contribution is 0.685. The summed E-state index contributed by atoms with van der Waals surface area (Å²) in [5.41, 5.74) is 2.40. The van der Waals surface area contributed by atoms with Gasteiger partial charge in [-0.15, -0.1) is 6.42 Å². The van der Waals surface area contributed by atoms with Crippen LogP contribution in [0.15, 0.2) is 41.6 Å². The number of rotatable bonds is 3. The zero-order chi connectivity index (χ0) is 13.9. The zero-order valence-electron chi connectivity index (χ0n) is 10.4. The third-order valence-electron chi connectivity index (χ3n) is 2.78. The van der Waals surface area contributed by atoms with Crippen molar-refractivity contribution in [2.75, 3.05) is 5.75 Å². The normalized spacial score (nSPS) is 12.2. The van der Waals surface area contributed by atoms with E-state index in [4.69, 9.17) is 6.42 Å². The molecule has 0 aliphatic rings. The number of H-pyrrole nitrogens is 1. The van der Waals surface area contributed by atoms with Crippen LogP contribution in [0.2, 0.25) is 0 Å². The summed E-state index contributed by atoms with van der Waals surface area (Å²) in [6.07, 6.45) is 8.40. The Bertz CT molecular complexity index is 801. The van der Waals surface area contributed by atoms with E-state index in [-0.39, 0.29) is 5.75 Å². The second-order valence-corrected chi connectivity index (χ2v) is 5.55. The molecule has 6 heteroatoms. The van der Waals surface area contributed by atoms with Gasteiger partial charge in [-0.3, -0.25) is 4.21 Å². The minimum Gasteiger partial charge on any atom is -0.337 e. The predicted octanol–water partition coefficient (Wildman–Crippen LogP) is 1.76. The summed E-state index contributed by atoms with van der Waals surface area (Å²) in [6.45, 7) is 0. The summed E-state index contributed by atoms with van der Waals surface area (Å²) in [7, 11) is -1.19. The number of hydrogen-bond donors (Lipinski definition) is 1. The van der Waals surface area contributed by atoms with Gasteiger partial charge in [-0.1, -0.05) is 18.1 Å². The van der Waals surface area contributed by atoms with Gasteiger partial charge >= 0.3 is 0 Å². The molecular formula is C14H10N4OS. The van der Waals surface area contributed by atoms with Crippen LogP contribution in [0.1, 0.15) is 0 Å². The molecule has 3 aromatic rings. The van der Waals surface area contributed by atoms with Crippen LogP contribution in [0.5, 0.6) is 0 Å². The van der Waals surface area contributed by atoms with Crippen molar-refractivity contribution < 1.29 is 4.21 Å². The van der Waals surface area contributed by atoms with E-state index >= 15 is 0 Å². The van der Waals surface area contributed by atoms with Crippen LogP contribution in [0.3, 0.4) is 0 Å². The molecule has 0 aliphatic carbocycles. The lowest BCUT2D eigenvalue weighted by atomic mass is 10.2. The maximum absolute atomic E-state index is 11.9. The molecule has 0 spiro atoms. The van der Waals surface area contributed by atoms with Crippen molar-refractivity contribution in [2.24, 2.45) is 0 Å². The Hall–Kier alpha value is -2.52. The molecule has 0 amide bonds. The fourth-order valence-electron chi connectivity index (χ4n) is 1.86. The highest BCUT2D eigenvalue weighted by molar-refractivity contribution is 7.85. The van der Waals surface area contributed by atoms with Crippen LogP contribution in [0.4, 0.5) is 0 Å². The molecule has 0 saturated carbocycles. The molecule has 1 N–H and O–H groups in total. The van der Waals surface area contributed by atoms with Crippen LogP contribution in [-0.2, 0) is 10.8 Å². The highest BCUT2D eigenvalue weighted by atomic mass is 32.2. The molecule has 0 radical (unpaired) electrons. The van der Waals surface area contributed by atoms with Gasteiger partial charge in [-0.05, 0) is 12.1 Å². The van der Waals surface area contributed by atoms with E-state index in [1.807, 2.05) is 18.2 Å². The average Bonchev–Trinajstić information content (AvgIpc) is 2.91. The molecule has 0 fully saturated rings. The van der Waals surface area contributed by atoms with Gasteiger partial charge in [0.05, 0.1) is 34.5 Å². The highest BCUT2D eigenvalue weighted by Gasteiger charge is 2.08. The Morgan fingerprint density at radius 3 is 2.95 bits per heavy atom. The fourth-order valence-corrected chi connectivity index (χ4v) is 2.66. The molecule has 2 heterocycles. The molecule has 98 valence electrons. The summed E-state index contributed by atoms with van der Waals surface area (Å²) >= 11 is 0. The van der Waals surface area contributed by atoms with Crippen molar-refractivity contribution in [3.05, 3.63) is 36.7 Å². The first-order chi connectivity index (χ1) is 9.78. The Labute approximate surface area is 117 Å². The van der Waals surface area contributed by atoms with E-state index in [0.29, 0.717) is 10.7 Å². The molecule has 0 saturated heterocycles. The molecule has 20 heavy (non-hydrogen) atoms. The van der Waals surface area contributed by atoms with Crippen molar-refractivity contribution in [3.63, 3.8) is 0 Å². The molecule has 2 aromatic heterocycles. The number of aromatic nitrogens is 4. The summed E-state index contributed by atoms with van der Waals surface area (Å²) in [5, 5.41) is 7.58. The summed E-state index contributed by atoms with van der Waals surface area (Å²) in [4.78, 5) is 8.28. The van der Waals surface area contributed by atoms with Gasteiger partial charge in [-0.2, -0.15) is 10.2 Å². The number of nitrogens with one attached hydrogen (secondary N) is 1. The number of benzene rings is 1. The highest BCUT2D eigenvalue weighted by Crippen LogP contribution is 2.21. The van der Waals surface area contributed by atoms with Crippen LogP contribution >= 0.6 is 0 Å². The van der Waals surface area contributed by atoms with Gasteiger partial charge < -0.3 is 4.98 Å². The van der Waals surface area contributed by atoms with E-state index < -0.39 is 10.8 Å². The SMILES string of the molecule is C#CCS(=O)c1cccc(-c2nc3cnncc3[nH]2)c1. The zero-order valence-corrected chi connectivity index (χ0v) is 11.2. The third kappa shape index (κ3) is 2.31. The van der Waals surface area contributed by atoms with Gasteiger partial charge in [-0.25, -0.2) is 4.98 Å². The van der Waals surface area contributed by atoms with Crippen molar-refractivity contribution in [3.8, 4) is 23.7 Å². The minimum absolute atomic E-state index is 0.206. The fraction of sp³-hybridized carbons (Fsp3) is 0.0714. The first-order valence-corrected chi connectivity index (χ1v) is 7.18. The van der Waals surface area contributed by atoms with Crippen molar-refractivity contribution in [2.45, 2.75) is 4.90 Å². The van der Waals surface area contributed by atoms with Crippen LogP contribution in [-0.4, -0.2) is 30.1 Å². The number of nitrogens with zero attached hydrogens (tertiary/aromatic N) is 3. The number of aromatic amines is 1. The van der Waals surface area contributed by atoms with Crippen LogP contribution in [0, 0.1) is 12.3 Å². The van der Waals surface area contributed by atoms with E-state index in [9.17, 15) is 4.21 Å². The molecule has 1 unspecified atom stereocenters. The lowest BCUT2D eigenvalue weighted by Crippen LogP contribution is -1.95. The Balaban J connectivity index is 2.04. The monoisotopic (exact) mass is 282 g/mol. The van der Waals surface area contributed by atoms with E-state index in [1.165, 1.54) is 0 Å². The van der Waals surface area contributed by atoms with Gasteiger partial charge in [0, 0.05) is 10.5 Å². The number of fused-ring (bicyclic) bond motifs is 1. The van der Waals surface area contributed by atoms with Crippen LogP contribution in [0.25, 0.3) is 22.4 Å². The first-order valence-electron chi connectivity index (χ1n) is 5.86. The van der Waals surface area contributed by atoms with E-state index in [0.717, 1.165) is 16.6 Å². The van der Waals surface area contributed by atoms with Crippen molar-refractivity contribution in [1.82, 2.24) is 20.2 Å². The molecule has 0 aliphatic heterocycles. The summed E-state index contributed by atoms with van der Waals surface area (Å²) in [6, 6.07) is 7.35. The van der Waals surface area contributed by atoms with Crippen molar-refractivity contribution >= 4 is 21.8 Å². The van der Waals surface area contributed by atoms with Gasteiger partial charge in [0.25, 0.3) is 0 Å². The lowest BCUT2D eigenvalue weighted by Gasteiger charge is -2.01. The topological polar surface area (TPSA) is 71.5 Å². The maximum Gasteiger partial charge on any atom is 0.138 e. The summed E-state index contributed by atoms with van der Waals surface area (Å²) < 4.78 is 11.9. The standard InChI is InChI=1S/C14H10N4OS/c1-2-6-20(19)11-5-3-4-10(7-11)14-17-12-8-15-16-9-13(12)18-14/h1,3-5,7-9H,6H2,(H,17,18).